The van der Waals surface area contributed by atoms with Crippen molar-refractivity contribution in [3.05, 3.63) is 0 Å². The van der Waals surface area contributed by atoms with E-state index in [0.29, 0.717) is 17.5 Å². The molecule has 5 heteroatoms. The van der Waals surface area contributed by atoms with Gasteiger partial charge < -0.3 is 15.0 Å². The van der Waals surface area contributed by atoms with Crippen molar-refractivity contribution >= 4 is 17.9 Å². The molecule has 2 heterocycles. The highest BCUT2D eigenvalue weighted by Gasteiger charge is 2.34. The molecule has 0 aromatic carbocycles. The lowest BCUT2D eigenvalue weighted by Gasteiger charge is -2.39. The van der Waals surface area contributed by atoms with Gasteiger partial charge >= 0.3 is 6.09 Å². The molecule has 0 aromatic rings. The van der Waals surface area contributed by atoms with Crippen LogP contribution in [0.1, 0.15) is 60.3 Å². The van der Waals surface area contributed by atoms with Crippen LogP contribution < -0.4 is 5.32 Å². The number of ether oxygens (including phenoxy) is 1. The molecule has 2 rings (SSSR count). The van der Waals surface area contributed by atoms with Crippen LogP contribution in [0.25, 0.3) is 0 Å². The summed E-state index contributed by atoms with van der Waals surface area (Å²) in [5.41, 5.74) is -0.0302. The molecule has 23 heavy (non-hydrogen) atoms. The molecule has 4 nitrogen and oxygen atoms in total. The SMILES string of the molecule is CC(C)(C)OC(=O)N1CCCC1CCNC1CSCCC1(C)C. The molecule has 2 fully saturated rings. The van der Waals surface area contributed by atoms with Gasteiger partial charge in [-0.05, 0) is 64.2 Å². The molecular formula is C18H34N2O2S. The van der Waals surface area contributed by atoms with Crippen molar-refractivity contribution in [3.63, 3.8) is 0 Å². The fraction of sp³-hybridized carbons (Fsp3) is 0.944. The van der Waals surface area contributed by atoms with Crippen LogP contribution in [-0.4, -0.2) is 53.3 Å². The summed E-state index contributed by atoms with van der Waals surface area (Å²) < 4.78 is 5.54. The van der Waals surface area contributed by atoms with Gasteiger partial charge in [-0.3, -0.25) is 0 Å². The van der Waals surface area contributed by atoms with E-state index in [1.54, 1.807) is 0 Å². The van der Waals surface area contributed by atoms with Gasteiger partial charge in [0, 0.05) is 24.4 Å². The van der Waals surface area contributed by atoms with Crippen LogP contribution in [0.2, 0.25) is 0 Å². The Morgan fingerprint density at radius 1 is 1.39 bits per heavy atom. The van der Waals surface area contributed by atoms with Crippen LogP contribution in [-0.2, 0) is 4.74 Å². The van der Waals surface area contributed by atoms with Crippen LogP contribution in [0.3, 0.4) is 0 Å². The van der Waals surface area contributed by atoms with Crippen LogP contribution in [0.5, 0.6) is 0 Å². The Hall–Kier alpha value is -0.420. The molecule has 0 radical (unpaired) electrons. The van der Waals surface area contributed by atoms with Gasteiger partial charge in [-0.1, -0.05) is 13.8 Å². The van der Waals surface area contributed by atoms with E-state index in [0.717, 1.165) is 32.4 Å². The molecular weight excluding hydrogens is 308 g/mol. The molecule has 0 aliphatic carbocycles. The topological polar surface area (TPSA) is 41.6 Å². The van der Waals surface area contributed by atoms with Gasteiger partial charge in [-0.25, -0.2) is 4.79 Å². The van der Waals surface area contributed by atoms with E-state index in [9.17, 15) is 4.79 Å². The number of carbonyl (C=O) groups excluding carboxylic acids is 1. The van der Waals surface area contributed by atoms with Crippen LogP contribution in [0.4, 0.5) is 4.79 Å². The van der Waals surface area contributed by atoms with Gasteiger partial charge in [0.2, 0.25) is 0 Å². The van der Waals surface area contributed by atoms with Crippen molar-refractivity contribution in [3.8, 4) is 0 Å². The normalized spacial score (nSPS) is 28.0. The van der Waals surface area contributed by atoms with E-state index in [1.807, 2.05) is 25.7 Å². The second kappa shape index (κ2) is 7.64. The Morgan fingerprint density at radius 3 is 2.78 bits per heavy atom. The van der Waals surface area contributed by atoms with Crippen LogP contribution >= 0.6 is 11.8 Å². The molecule has 1 N–H and O–H groups in total. The van der Waals surface area contributed by atoms with Gasteiger partial charge in [-0.2, -0.15) is 11.8 Å². The Labute approximate surface area is 146 Å². The van der Waals surface area contributed by atoms with E-state index in [-0.39, 0.29) is 6.09 Å². The molecule has 2 unspecified atom stereocenters. The second-order valence-electron chi connectivity index (χ2n) is 8.58. The predicted octanol–water partition coefficient (Wildman–Crippen LogP) is 3.90. The summed E-state index contributed by atoms with van der Waals surface area (Å²) in [6, 6.07) is 0.911. The van der Waals surface area contributed by atoms with Crippen LogP contribution in [0.15, 0.2) is 0 Å². The number of hydrogen-bond acceptors (Lipinski definition) is 4. The standard InChI is InChI=1S/C18H34N2O2S/c1-17(2,3)22-16(21)20-11-6-7-14(20)8-10-19-15-13-23-12-9-18(15,4)5/h14-15,19H,6-13H2,1-5H3. The number of nitrogens with zero attached hydrogens (tertiary/aromatic N) is 1. The summed E-state index contributed by atoms with van der Waals surface area (Å²) in [4.78, 5) is 14.3. The zero-order valence-electron chi connectivity index (χ0n) is 15.5. The van der Waals surface area contributed by atoms with Crippen molar-refractivity contribution in [2.45, 2.75) is 78.0 Å². The first kappa shape index (κ1) is 18.9. The van der Waals surface area contributed by atoms with Gasteiger partial charge in [-0.15, -0.1) is 0 Å². The quantitative estimate of drug-likeness (QED) is 0.841. The van der Waals surface area contributed by atoms with E-state index >= 15 is 0 Å². The average Bonchev–Trinajstić information content (AvgIpc) is 2.87. The second-order valence-corrected chi connectivity index (χ2v) is 9.73. The number of amides is 1. The summed E-state index contributed by atoms with van der Waals surface area (Å²) >= 11 is 2.05. The number of thioether (sulfide) groups is 1. The Bertz CT molecular complexity index is 406. The number of rotatable bonds is 4. The first-order valence-electron chi connectivity index (χ1n) is 9.00. The van der Waals surface area contributed by atoms with Crippen molar-refractivity contribution in [1.82, 2.24) is 10.2 Å². The molecule has 2 atom stereocenters. The number of nitrogens with one attached hydrogen (secondary N) is 1. The van der Waals surface area contributed by atoms with E-state index in [2.05, 4.69) is 30.9 Å². The zero-order chi connectivity index (χ0) is 17.1. The molecule has 0 bridgehead atoms. The minimum Gasteiger partial charge on any atom is -0.444 e. The minimum absolute atomic E-state index is 0.145. The fourth-order valence-corrected chi connectivity index (χ4v) is 5.03. The predicted molar refractivity (Wildman–Crippen MR) is 98.1 cm³/mol. The van der Waals surface area contributed by atoms with Crippen molar-refractivity contribution in [2.75, 3.05) is 24.6 Å². The third kappa shape index (κ3) is 5.56. The van der Waals surface area contributed by atoms with Gasteiger partial charge in [0.1, 0.15) is 5.60 Å². The molecule has 1 amide bonds. The number of carbonyl (C=O) groups is 1. The molecule has 0 aromatic heterocycles. The van der Waals surface area contributed by atoms with Crippen molar-refractivity contribution < 1.29 is 9.53 Å². The zero-order valence-corrected chi connectivity index (χ0v) is 16.3. The first-order valence-corrected chi connectivity index (χ1v) is 10.2. The lowest BCUT2D eigenvalue weighted by molar-refractivity contribution is 0.0219. The summed E-state index contributed by atoms with van der Waals surface area (Å²) in [5, 5.41) is 3.75. The van der Waals surface area contributed by atoms with E-state index in [4.69, 9.17) is 4.74 Å². The molecule has 134 valence electrons. The molecule has 0 saturated carbocycles. The minimum atomic E-state index is -0.411. The first-order chi connectivity index (χ1) is 10.7. The molecule has 2 saturated heterocycles. The van der Waals surface area contributed by atoms with Gasteiger partial charge in [0.15, 0.2) is 0 Å². The summed E-state index contributed by atoms with van der Waals surface area (Å²) in [5.74, 6) is 2.48. The molecule has 0 spiro atoms. The summed E-state index contributed by atoms with van der Waals surface area (Å²) in [7, 11) is 0. The van der Waals surface area contributed by atoms with Crippen molar-refractivity contribution in [1.29, 1.82) is 0 Å². The largest absolute Gasteiger partial charge is 0.444 e. The smallest absolute Gasteiger partial charge is 0.410 e. The Morgan fingerprint density at radius 2 is 2.13 bits per heavy atom. The summed E-state index contributed by atoms with van der Waals surface area (Å²) in [6.07, 6.45) is 4.35. The Balaban J connectivity index is 1.79. The molecule has 2 aliphatic heterocycles. The fourth-order valence-electron chi connectivity index (χ4n) is 3.39. The van der Waals surface area contributed by atoms with Crippen LogP contribution in [0, 0.1) is 5.41 Å². The lowest BCUT2D eigenvalue weighted by Crippen LogP contribution is -2.48. The third-order valence-corrected chi connectivity index (χ3v) is 6.05. The highest BCUT2D eigenvalue weighted by molar-refractivity contribution is 7.99. The van der Waals surface area contributed by atoms with E-state index in [1.165, 1.54) is 17.9 Å². The maximum atomic E-state index is 12.3. The Kier molecular flexibility index (Phi) is 6.28. The van der Waals surface area contributed by atoms with Gasteiger partial charge in [0.05, 0.1) is 0 Å². The average molecular weight is 343 g/mol. The highest BCUT2D eigenvalue weighted by Crippen LogP contribution is 2.34. The van der Waals surface area contributed by atoms with Crippen molar-refractivity contribution in [2.24, 2.45) is 5.41 Å². The third-order valence-electron chi connectivity index (χ3n) is 4.99. The summed E-state index contributed by atoms with van der Waals surface area (Å²) in [6.45, 7) is 12.4. The number of likely N-dealkylation sites (tertiary alicyclic amines) is 1. The van der Waals surface area contributed by atoms with E-state index < -0.39 is 5.60 Å². The maximum Gasteiger partial charge on any atom is 0.410 e. The lowest BCUT2D eigenvalue weighted by atomic mass is 9.82. The van der Waals surface area contributed by atoms with Gasteiger partial charge in [0.25, 0.3) is 0 Å². The molecule has 2 aliphatic rings. The maximum absolute atomic E-state index is 12.3. The highest BCUT2D eigenvalue weighted by atomic mass is 32.2. The number of hydrogen-bond donors (Lipinski definition) is 1. The monoisotopic (exact) mass is 342 g/mol.